The lowest BCUT2D eigenvalue weighted by Crippen LogP contribution is -2.48. The second-order valence-electron chi connectivity index (χ2n) is 5.51. The maximum absolute atomic E-state index is 11.9. The van der Waals surface area contributed by atoms with Gasteiger partial charge in [-0.05, 0) is 27.3 Å². The van der Waals surface area contributed by atoms with Gasteiger partial charge >= 0.3 is 0 Å². The molecule has 0 aliphatic rings. The van der Waals surface area contributed by atoms with Gasteiger partial charge in [0.05, 0.1) is 6.61 Å². The summed E-state index contributed by atoms with van der Waals surface area (Å²) in [5, 5.41) is 2.97. The maximum Gasteiger partial charge on any atom is 0.222 e. The first-order valence-corrected chi connectivity index (χ1v) is 6.58. The van der Waals surface area contributed by atoms with Gasteiger partial charge in [-0.25, -0.2) is 0 Å². The van der Waals surface area contributed by atoms with Gasteiger partial charge in [0, 0.05) is 38.2 Å². The van der Waals surface area contributed by atoms with Crippen LogP contribution in [-0.4, -0.2) is 55.7 Å². The summed E-state index contributed by atoms with van der Waals surface area (Å²) < 4.78 is 5.07. The van der Waals surface area contributed by atoms with Crippen LogP contribution in [0.15, 0.2) is 0 Å². The van der Waals surface area contributed by atoms with Crippen molar-refractivity contribution in [1.82, 2.24) is 10.2 Å². The Morgan fingerprint density at radius 3 is 2.44 bits per heavy atom. The fraction of sp³-hybridized carbons (Fsp3) is 0.923. The number of hydrogen-bond donors (Lipinski definition) is 2. The zero-order valence-corrected chi connectivity index (χ0v) is 12.5. The lowest BCUT2D eigenvalue weighted by Gasteiger charge is -2.30. The highest BCUT2D eigenvalue weighted by atomic mass is 16.5. The normalized spacial score (nSPS) is 13.7. The lowest BCUT2D eigenvalue weighted by molar-refractivity contribution is -0.123. The Kier molecular flexibility index (Phi) is 8.15. The van der Waals surface area contributed by atoms with E-state index < -0.39 is 0 Å². The number of nitrogens with one attached hydrogen (secondary N) is 1. The quantitative estimate of drug-likeness (QED) is 0.669. The minimum Gasteiger partial charge on any atom is -0.383 e. The summed E-state index contributed by atoms with van der Waals surface area (Å²) in [6, 6.07) is 0.0764. The molecular weight excluding hydrogens is 230 g/mol. The summed E-state index contributed by atoms with van der Waals surface area (Å²) in [6.45, 7) is 10.8. The van der Waals surface area contributed by atoms with Crippen LogP contribution in [0.2, 0.25) is 0 Å². The van der Waals surface area contributed by atoms with Crippen LogP contribution >= 0.6 is 0 Å². The molecule has 0 aromatic carbocycles. The summed E-state index contributed by atoms with van der Waals surface area (Å²) in [6.07, 6.45) is 0.436. The van der Waals surface area contributed by atoms with Gasteiger partial charge in [0.1, 0.15) is 0 Å². The van der Waals surface area contributed by atoms with Crippen molar-refractivity contribution >= 4 is 5.91 Å². The SMILES string of the molecule is CCN(CCOC)C(CN)CC(=O)NC(C)(C)C. The van der Waals surface area contributed by atoms with Crippen LogP contribution in [0.3, 0.4) is 0 Å². The molecule has 0 spiro atoms. The highest BCUT2D eigenvalue weighted by Gasteiger charge is 2.21. The summed E-state index contributed by atoms with van der Waals surface area (Å²) in [7, 11) is 1.68. The molecule has 0 aliphatic heterocycles. The number of amides is 1. The first-order chi connectivity index (χ1) is 8.34. The third-order valence-corrected chi connectivity index (χ3v) is 2.71. The zero-order chi connectivity index (χ0) is 14.2. The number of carbonyl (C=O) groups excluding carboxylic acids is 1. The summed E-state index contributed by atoms with van der Waals surface area (Å²) >= 11 is 0. The Labute approximate surface area is 111 Å². The van der Waals surface area contributed by atoms with E-state index in [1.165, 1.54) is 0 Å². The van der Waals surface area contributed by atoms with E-state index in [1.54, 1.807) is 7.11 Å². The molecule has 0 aromatic rings. The molecule has 0 rings (SSSR count). The highest BCUT2D eigenvalue weighted by molar-refractivity contribution is 5.77. The second-order valence-corrected chi connectivity index (χ2v) is 5.51. The molecule has 108 valence electrons. The van der Waals surface area contributed by atoms with Crippen molar-refractivity contribution in [3.8, 4) is 0 Å². The largest absolute Gasteiger partial charge is 0.383 e. The predicted octanol–water partition coefficient (Wildman–Crippen LogP) is 0.587. The van der Waals surface area contributed by atoms with Crippen molar-refractivity contribution in [3.05, 3.63) is 0 Å². The summed E-state index contributed by atoms with van der Waals surface area (Å²) in [4.78, 5) is 14.1. The van der Waals surface area contributed by atoms with Gasteiger partial charge in [-0.15, -0.1) is 0 Å². The van der Waals surface area contributed by atoms with Gasteiger partial charge in [0.25, 0.3) is 0 Å². The van der Waals surface area contributed by atoms with Crippen LogP contribution in [-0.2, 0) is 9.53 Å². The van der Waals surface area contributed by atoms with Gasteiger partial charge in [-0.1, -0.05) is 6.92 Å². The van der Waals surface area contributed by atoms with Crippen molar-refractivity contribution in [2.45, 2.75) is 45.7 Å². The standard InChI is InChI=1S/C13H29N3O2/c1-6-16(7-8-18-5)11(10-14)9-12(17)15-13(2,3)4/h11H,6-10,14H2,1-5H3,(H,15,17). The van der Waals surface area contributed by atoms with Crippen molar-refractivity contribution in [1.29, 1.82) is 0 Å². The third kappa shape index (κ3) is 7.63. The van der Waals surface area contributed by atoms with Crippen molar-refractivity contribution in [3.63, 3.8) is 0 Å². The minimum atomic E-state index is -0.195. The molecule has 0 aliphatic carbocycles. The molecule has 0 fully saturated rings. The maximum atomic E-state index is 11.9. The Morgan fingerprint density at radius 2 is 2.06 bits per heavy atom. The second kappa shape index (κ2) is 8.45. The Morgan fingerprint density at radius 1 is 1.44 bits per heavy atom. The molecule has 0 saturated heterocycles. The smallest absolute Gasteiger partial charge is 0.222 e. The molecule has 5 heteroatoms. The van der Waals surface area contributed by atoms with Crippen LogP contribution in [0.4, 0.5) is 0 Å². The Bertz CT molecular complexity index is 239. The fourth-order valence-electron chi connectivity index (χ4n) is 1.85. The number of methoxy groups -OCH3 is 1. The monoisotopic (exact) mass is 259 g/mol. The van der Waals surface area contributed by atoms with E-state index in [0.29, 0.717) is 19.6 Å². The van der Waals surface area contributed by atoms with E-state index in [2.05, 4.69) is 17.1 Å². The number of nitrogens with two attached hydrogens (primary N) is 1. The molecule has 1 unspecified atom stereocenters. The van der Waals surface area contributed by atoms with E-state index in [0.717, 1.165) is 13.1 Å². The van der Waals surface area contributed by atoms with Gasteiger partial charge in [-0.3, -0.25) is 9.69 Å². The van der Waals surface area contributed by atoms with E-state index in [4.69, 9.17) is 10.5 Å². The molecule has 0 aromatic heterocycles. The van der Waals surface area contributed by atoms with E-state index >= 15 is 0 Å². The van der Waals surface area contributed by atoms with Gasteiger partial charge < -0.3 is 15.8 Å². The number of hydrogen-bond acceptors (Lipinski definition) is 4. The number of likely N-dealkylation sites (N-methyl/N-ethyl adjacent to an activating group) is 1. The number of ether oxygens (including phenoxy) is 1. The fourth-order valence-corrected chi connectivity index (χ4v) is 1.85. The lowest BCUT2D eigenvalue weighted by atomic mass is 10.1. The third-order valence-electron chi connectivity index (χ3n) is 2.71. The number of nitrogens with zero attached hydrogens (tertiary/aromatic N) is 1. The minimum absolute atomic E-state index is 0.0498. The molecule has 0 heterocycles. The first kappa shape index (κ1) is 17.4. The molecule has 5 nitrogen and oxygen atoms in total. The molecule has 0 radical (unpaired) electrons. The Balaban J connectivity index is 4.34. The molecule has 1 amide bonds. The highest BCUT2D eigenvalue weighted by Crippen LogP contribution is 2.06. The van der Waals surface area contributed by atoms with Crippen molar-refractivity contribution < 1.29 is 9.53 Å². The molecule has 0 saturated carbocycles. The van der Waals surface area contributed by atoms with Gasteiger partial charge in [0.2, 0.25) is 5.91 Å². The van der Waals surface area contributed by atoms with Gasteiger partial charge in [-0.2, -0.15) is 0 Å². The zero-order valence-electron chi connectivity index (χ0n) is 12.5. The average Bonchev–Trinajstić information content (AvgIpc) is 2.25. The number of carbonyl (C=O) groups is 1. The van der Waals surface area contributed by atoms with E-state index in [-0.39, 0.29) is 17.5 Å². The summed E-state index contributed by atoms with van der Waals surface area (Å²) in [5.74, 6) is 0.0498. The van der Waals surface area contributed by atoms with E-state index in [9.17, 15) is 4.79 Å². The average molecular weight is 259 g/mol. The first-order valence-electron chi connectivity index (χ1n) is 6.58. The van der Waals surface area contributed by atoms with Crippen LogP contribution in [0.25, 0.3) is 0 Å². The van der Waals surface area contributed by atoms with Crippen molar-refractivity contribution in [2.75, 3.05) is 33.4 Å². The molecular formula is C13H29N3O2. The molecule has 1 atom stereocenters. The molecule has 3 N–H and O–H groups in total. The predicted molar refractivity (Wildman–Crippen MR) is 74.5 cm³/mol. The molecule has 18 heavy (non-hydrogen) atoms. The van der Waals surface area contributed by atoms with Crippen LogP contribution in [0, 0.1) is 0 Å². The number of rotatable bonds is 8. The topological polar surface area (TPSA) is 67.6 Å². The van der Waals surface area contributed by atoms with Gasteiger partial charge in [0.15, 0.2) is 0 Å². The summed E-state index contributed by atoms with van der Waals surface area (Å²) in [5.41, 5.74) is 5.58. The van der Waals surface area contributed by atoms with Crippen LogP contribution in [0.5, 0.6) is 0 Å². The van der Waals surface area contributed by atoms with Crippen molar-refractivity contribution in [2.24, 2.45) is 5.73 Å². The Hall–Kier alpha value is -0.650. The van der Waals surface area contributed by atoms with Crippen LogP contribution < -0.4 is 11.1 Å². The van der Waals surface area contributed by atoms with Crippen LogP contribution in [0.1, 0.15) is 34.1 Å². The van der Waals surface area contributed by atoms with E-state index in [1.807, 2.05) is 20.8 Å². The molecule has 0 bridgehead atoms.